The molecular weight excluding hydrogens is 416 g/mol. The zero-order valence-electron chi connectivity index (χ0n) is 17.5. The van der Waals surface area contributed by atoms with E-state index >= 15 is 0 Å². The standard InChI is InChI=1S/C22H20N4O4S/c1-5-29-11-6-12-10(2)8-21(3,4)26-15(12)13(7-11)22(19(26)27)14(9-23)17(24)30-18-16(22)31-20(28)25-18/h6-8H,5,24H2,1-4H3,(H,25,28). The molecule has 0 bridgehead atoms. The van der Waals surface area contributed by atoms with Crippen molar-refractivity contribution in [2.75, 3.05) is 11.5 Å². The molecule has 158 valence electrons. The Morgan fingerprint density at radius 3 is 2.77 bits per heavy atom. The van der Waals surface area contributed by atoms with Gasteiger partial charge in [0.15, 0.2) is 5.41 Å². The second-order valence-electron chi connectivity index (χ2n) is 8.30. The third-order valence-corrected chi connectivity index (χ3v) is 7.00. The number of nitrogens with zero attached hydrogens (tertiary/aromatic N) is 2. The number of nitrogens with two attached hydrogens (primary N) is 1. The fourth-order valence-corrected chi connectivity index (χ4v) is 5.95. The number of nitrogens with one attached hydrogen (secondary N) is 1. The van der Waals surface area contributed by atoms with Crippen LogP contribution in [0.25, 0.3) is 5.57 Å². The van der Waals surface area contributed by atoms with Gasteiger partial charge >= 0.3 is 4.87 Å². The number of benzene rings is 1. The predicted octanol–water partition coefficient (Wildman–Crippen LogP) is 2.75. The monoisotopic (exact) mass is 436 g/mol. The van der Waals surface area contributed by atoms with Crippen LogP contribution in [0.3, 0.4) is 0 Å². The summed E-state index contributed by atoms with van der Waals surface area (Å²) >= 11 is 0.851. The maximum atomic E-state index is 14.3. The van der Waals surface area contributed by atoms with Crippen LogP contribution in [0.5, 0.6) is 11.6 Å². The van der Waals surface area contributed by atoms with Gasteiger partial charge in [-0.05, 0) is 45.4 Å². The molecular formula is C22H20N4O4S. The van der Waals surface area contributed by atoms with Gasteiger partial charge in [0.1, 0.15) is 17.4 Å². The summed E-state index contributed by atoms with van der Waals surface area (Å²) in [7, 11) is 0. The van der Waals surface area contributed by atoms with Crippen molar-refractivity contribution < 1.29 is 14.3 Å². The van der Waals surface area contributed by atoms with E-state index in [1.54, 1.807) is 11.0 Å². The lowest BCUT2D eigenvalue weighted by Crippen LogP contribution is -2.52. The van der Waals surface area contributed by atoms with Gasteiger partial charge in [0.2, 0.25) is 17.7 Å². The summed E-state index contributed by atoms with van der Waals surface area (Å²) < 4.78 is 11.4. The number of aromatic amines is 1. The van der Waals surface area contributed by atoms with Crippen LogP contribution in [0.15, 0.2) is 34.5 Å². The number of H-pyrrole nitrogens is 1. The molecule has 3 N–H and O–H groups in total. The van der Waals surface area contributed by atoms with Crippen molar-refractivity contribution in [2.45, 2.75) is 38.6 Å². The van der Waals surface area contributed by atoms with Crippen LogP contribution in [-0.2, 0) is 10.2 Å². The topological polar surface area (TPSA) is 121 Å². The maximum Gasteiger partial charge on any atom is 0.307 e. The molecule has 8 nitrogen and oxygen atoms in total. The minimum absolute atomic E-state index is 0.0287. The molecule has 3 aliphatic rings. The second kappa shape index (κ2) is 6.02. The van der Waals surface area contributed by atoms with E-state index in [0.29, 0.717) is 28.5 Å². The summed E-state index contributed by atoms with van der Waals surface area (Å²) in [6.45, 7) is 8.18. The highest BCUT2D eigenvalue weighted by atomic mass is 32.1. The number of thiazole rings is 1. The van der Waals surface area contributed by atoms with Crippen LogP contribution < -0.4 is 25.0 Å². The summed E-state index contributed by atoms with van der Waals surface area (Å²) in [4.78, 5) is 30.8. The van der Waals surface area contributed by atoms with Crippen molar-refractivity contribution in [3.8, 4) is 17.7 Å². The normalized spacial score (nSPS) is 22.6. The summed E-state index contributed by atoms with van der Waals surface area (Å²) in [5, 5.41) is 10.1. The van der Waals surface area contributed by atoms with Crippen molar-refractivity contribution in [3.63, 3.8) is 0 Å². The van der Waals surface area contributed by atoms with Crippen molar-refractivity contribution in [2.24, 2.45) is 5.73 Å². The predicted molar refractivity (Wildman–Crippen MR) is 116 cm³/mol. The number of hydrogen-bond donors (Lipinski definition) is 2. The molecule has 3 aliphatic heterocycles. The van der Waals surface area contributed by atoms with E-state index in [0.717, 1.165) is 22.5 Å². The largest absolute Gasteiger partial charge is 0.494 e. The van der Waals surface area contributed by atoms with Crippen molar-refractivity contribution >= 4 is 28.5 Å². The molecule has 0 radical (unpaired) electrons. The molecule has 1 aromatic carbocycles. The molecule has 4 heterocycles. The molecule has 0 aliphatic carbocycles. The van der Waals surface area contributed by atoms with Crippen LogP contribution in [0.4, 0.5) is 5.69 Å². The Hall–Kier alpha value is -3.51. The number of ether oxygens (including phenoxy) is 2. The van der Waals surface area contributed by atoms with Crippen LogP contribution in [0, 0.1) is 11.3 Å². The molecule has 2 aromatic rings. The molecule has 9 heteroatoms. The van der Waals surface area contributed by atoms with Crippen molar-refractivity contribution in [3.05, 3.63) is 55.3 Å². The second-order valence-corrected chi connectivity index (χ2v) is 9.28. The fraction of sp³-hybridized carbons (Fsp3) is 0.318. The lowest BCUT2D eigenvalue weighted by molar-refractivity contribution is -0.121. The lowest BCUT2D eigenvalue weighted by atomic mass is 9.72. The molecule has 0 saturated heterocycles. The Morgan fingerprint density at radius 1 is 1.35 bits per heavy atom. The van der Waals surface area contributed by atoms with E-state index in [9.17, 15) is 14.9 Å². The summed E-state index contributed by atoms with van der Waals surface area (Å²) in [5.41, 5.74) is 6.96. The van der Waals surface area contributed by atoms with Gasteiger partial charge in [0.25, 0.3) is 0 Å². The van der Waals surface area contributed by atoms with Gasteiger partial charge in [-0.15, -0.1) is 0 Å². The Bertz CT molecular complexity index is 1340. The van der Waals surface area contributed by atoms with E-state index < -0.39 is 15.8 Å². The highest BCUT2D eigenvalue weighted by molar-refractivity contribution is 7.10. The highest BCUT2D eigenvalue weighted by Gasteiger charge is 2.63. The molecule has 1 unspecified atom stereocenters. The van der Waals surface area contributed by atoms with Gasteiger partial charge in [-0.2, -0.15) is 5.26 Å². The van der Waals surface area contributed by atoms with Gasteiger partial charge in [0, 0.05) is 11.1 Å². The van der Waals surface area contributed by atoms with Gasteiger partial charge in [0.05, 0.1) is 22.7 Å². The highest BCUT2D eigenvalue weighted by Crippen LogP contribution is 2.60. The van der Waals surface area contributed by atoms with Gasteiger partial charge in [-0.1, -0.05) is 17.4 Å². The molecule has 1 atom stereocenters. The number of carbonyl (C=O) groups excluding carboxylic acids is 1. The number of carbonyl (C=O) groups is 1. The lowest BCUT2D eigenvalue weighted by Gasteiger charge is -2.40. The average Bonchev–Trinajstić information content (AvgIpc) is 3.17. The number of nitriles is 1. The van der Waals surface area contributed by atoms with Gasteiger partial charge in [-0.25, -0.2) is 0 Å². The third kappa shape index (κ3) is 2.23. The van der Waals surface area contributed by atoms with Gasteiger partial charge in [-0.3, -0.25) is 14.6 Å². The smallest absolute Gasteiger partial charge is 0.307 e. The van der Waals surface area contributed by atoms with Crippen LogP contribution in [0.1, 0.15) is 43.7 Å². The number of rotatable bonds is 2. The zero-order valence-corrected chi connectivity index (χ0v) is 18.3. The number of hydrogen-bond acceptors (Lipinski definition) is 7. The first-order chi connectivity index (χ1) is 14.7. The summed E-state index contributed by atoms with van der Waals surface area (Å²) in [6, 6.07) is 5.78. The quantitative estimate of drug-likeness (QED) is 0.747. The van der Waals surface area contributed by atoms with Crippen molar-refractivity contribution in [1.82, 2.24) is 4.98 Å². The average molecular weight is 436 g/mol. The van der Waals surface area contributed by atoms with E-state index in [1.165, 1.54) is 0 Å². The Morgan fingerprint density at radius 2 is 2.10 bits per heavy atom. The number of allylic oxidation sites excluding steroid dienone is 1. The molecule has 1 aromatic heterocycles. The summed E-state index contributed by atoms with van der Waals surface area (Å²) in [5.74, 6) is 0.128. The molecule has 5 rings (SSSR count). The van der Waals surface area contributed by atoms with Gasteiger partial charge < -0.3 is 20.1 Å². The number of fused-ring (bicyclic) bond motifs is 3. The Balaban J connectivity index is 1.98. The van der Waals surface area contributed by atoms with E-state index in [4.69, 9.17) is 15.2 Å². The molecule has 1 amide bonds. The zero-order chi connectivity index (χ0) is 22.3. The molecule has 1 spiro atoms. The van der Waals surface area contributed by atoms with E-state index in [-0.39, 0.29) is 23.2 Å². The molecule has 0 saturated carbocycles. The van der Waals surface area contributed by atoms with E-state index in [2.05, 4.69) is 11.1 Å². The SMILES string of the molecule is CCOc1cc2c3c(c1)C1(C(=O)N3C(C)(C)C=C2C)C(C#N)=C(N)Oc2[nH]c(=O)sc21. The number of amides is 1. The van der Waals surface area contributed by atoms with E-state index in [1.807, 2.05) is 39.8 Å². The van der Waals surface area contributed by atoms with Crippen LogP contribution >= 0.6 is 11.3 Å². The number of anilines is 1. The Kier molecular flexibility index (Phi) is 3.77. The molecule has 31 heavy (non-hydrogen) atoms. The van der Waals surface area contributed by atoms with Crippen LogP contribution in [0.2, 0.25) is 0 Å². The first kappa shape index (κ1) is 19.5. The minimum Gasteiger partial charge on any atom is -0.494 e. The third-order valence-electron chi connectivity index (χ3n) is 6.02. The number of aromatic nitrogens is 1. The minimum atomic E-state index is -1.58. The Labute approximate surface area is 182 Å². The van der Waals surface area contributed by atoms with Crippen LogP contribution in [-0.4, -0.2) is 23.0 Å². The molecule has 0 fully saturated rings. The maximum absolute atomic E-state index is 14.3. The van der Waals surface area contributed by atoms with Crippen molar-refractivity contribution in [1.29, 1.82) is 5.26 Å². The summed E-state index contributed by atoms with van der Waals surface area (Å²) in [6.07, 6.45) is 2.02. The first-order valence-electron chi connectivity index (χ1n) is 9.84. The first-order valence-corrected chi connectivity index (χ1v) is 10.7. The fourth-order valence-electron chi connectivity index (χ4n) is 4.98.